The van der Waals surface area contributed by atoms with Crippen LogP contribution < -0.4 is 4.74 Å². The molecular weight excluding hydrogens is 337 g/mol. The van der Waals surface area contributed by atoms with E-state index >= 15 is 0 Å². The maximum Gasteiger partial charge on any atom is 0.264 e. The van der Waals surface area contributed by atoms with Crippen LogP contribution in [0, 0.1) is 5.82 Å². The first-order valence-electron chi connectivity index (χ1n) is 7.66. The molecule has 0 N–H and O–H groups in total. The molecule has 2 aromatic rings. The van der Waals surface area contributed by atoms with Crippen molar-refractivity contribution in [3.8, 4) is 5.75 Å². The molecule has 3 rings (SSSR count). The van der Waals surface area contributed by atoms with Crippen LogP contribution in [0.2, 0.25) is 0 Å². The van der Waals surface area contributed by atoms with Gasteiger partial charge in [-0.3, -0.25) is 0 Å². The van der Waals surface area contributed by atoms with Gasteiger partial charge in [-0.15, -0.1) is 0 Å². The van der Waals surface area contributed by atoms with E-state index in [0.29, 0.717) is 37.0 Å². The summed E-state index contributed by atoms with van der Waals surface area (Å²) in [5.74, 6) is 0.956. The maximum atomic E-state index is 12.8. The second-order valence-electron chi connectivity index (χ2n) is 5.53. The van der Waals surface area contributed by atoms with Gasteiger partial charge in [0.1, 0.15) is 11.6 Å². The Labute approximate surface area is 139 Å². The van der Waals surface area contributed by atoms with Crippen LogP contribution in [0.1, 0.15) is 31.0 Å². The summed E-state index contributed by atoms with van der Waals surface area (Å²) >= 11 is 0. The number of hydrogen-bond donors (Lipinski definition) is 0. The van der Waals surface area contributed by atoms with Crippen molar-refractivity contribution < 1.29 is 22.1 Å². The van der Waals surface area contributed by atoms with Crippen LogP contribution >= 0.6 is 0 Å². The molecule has 0 amide bonds. The van der Waals surface area contributed by atoms with Gasteiger partial charge in [-0.25, -0.2) is 17.1 Å². The second-order valence-corrected chi connectivity index (χ2v) is 7.79. The van der Waals surface area contributed by atoms with Crippen LogP contribution in [0.15, 0.2) is 28.8 Å². The number of rotatable bonds is 6. The summed E-state index contributed by atoms with van der Waals surface area (Å²) in [7, 11) is -3.19. The molecule has 0 spiro atoms. The highest BCUT2D eigenvalue weighted by Crippen LogP contribution is 2.27. The van der Waals surface area contributed by atoms with Gasteiger partial charge in [0.05, 0.1) is 5.75 Å². The van der Waals surface area contributed by atoms with E-state index in [1.54, 1.807) is 6.92 Å². The van der Waals surface area contributed by atoms with Crippen LogP contribution in [-0.4, -0.2) is 41.7 Å². The molecule has 1 aromatic carbocycles. The van der Waals surface area contributed by atoms with Crippen LogP contribution in [0.25, 0.3) is 0 Å². The molecule has 1 saturated heterocycles. The van der Waals surface area contributed by atoms with E-state index in [2.05, 4.69) is 10.1 Å². The van der Waals surface area contributed by atoms with Gasteiger partial charge < -0.3 is 9.26 Å². The molecule has 1 aliphatic rings. The first kappa shape index (κ1) is 16.8. The van der Waals surface area contributed by atoms with E-state index in [0.717, 1.165) is 0 Å². The molecule has 0 saturated carbocycles. The van der Waals surface area contributed by atoms with Crippen LogP contribution in [0.5, 0.6) is 5.75 Å². The Morgan fingerprint density at radius 3 is 2.83 bits per heavy atom. The predicted octanol–water partition coefficient (Wildman–Crippen LogP) is 1.93. The molecule has 24 heavy (non-hydrogen) atoms. The summed E-state index contributed by atoms with van der Waals surface area (Å²) in [5.41, 5.74) is 0. The van der Waals surface area contributed by atoms with Crippen molar-refractivity contribution in [2.75, 3.05) is 18.8 Å². The summed E-state index contributed by atoms with van der Waals surface area (Å²) in [6.07, 6.45) is 0.664. The molecule has 9 heteroatoms. The Morgan fingerprint density at radius 1 is 1.38 bits per heavy atom. The molecular formula is C15H18FN3O4S. The molecule has 1 aromatic heterocycles. The number of ether oxygens (including phenoxy) is 1. The molecule has 1 aliphatic heterocycles. The van der Waals surface area contributed by atoms with E-state index in [4.69, 9.17) is 9.26 Å². The molecule has 0 aliphatic carbocycles. The molecule has 1 atom stereocenters. The number of nitrogens with zero attached hydrogens (tertiary/aromatic N) is 3. The zero-order chi connectivity index (χ0) is 17.2. The fourth-order valence-electron chi connectivity index (χ4n) is 2.54. The number of aromatic nitrogens is 2. The minimum absolute atomic E-state index is 0.0718. The standard InChI is InChI=1S/C15H18FN3O4S/c1-2-24(20,21)19-8-7-11(9-19)15-17-14(23-18-15)10-22-13-5-3-12(16)4-6-13/h3-6,11H,2,7-10H2,1H3. The van der Waals surface area contributed by atoms with Gasteiger partial charge in [-0.2, -0.15) is 4.98 Å². The number of sulfonamides is 1. The van der Waals surface area contributed by atoms with Crippen molar-refractivity contribution in [2.24, 2.45) is 0 Å². The Balaban J connectivity index is 1.59. The molecule has 7 nitrogen and oxygen atoms in total. The third-order valence-electron chi connectivity index (χ3n) is 3.93. The highest BCUT2D eigenvalue weighted by molar-refractivity contribution is 7.89. The summed E-state index contributed by atoms with van der Waals surface area (Å²) in [6, 6.07) is 5.62. The van der Waals surface area contributed by atoms with E-state index in [1.807, 2.05) is 0 Å². The minimum Gasteiger partial charge on any atom is -0.484 e. The fraction of sp³-hybridized carbons (Fsp3) is 0.467. The fourth-order valence-corrected chi connectivity index (χ4v) is 3.70. The quantitative estimate of drug-likeness (QED) is 0.787. The van der Waals surface area contributed by atoms with Crippen molar-refractivity contribution in [1.29, 1.82) is 0 Å². The van der Waals surface area contributed by atoms with E-state index in [9.17, 15) is 12.8 Å². The average molecular weight is 355 g/mol. The summed E-state index contributed by atoms with van der Waals surface area (Å²) < 4.78 is 48.6. The van der Waals surface area contributed by atoms with E-state index < -0.39 is 10.0 Å². The molecule has 130 valence electrons. The van der Waals surface area contributed by atoms with Gasteiger partial charge in [0.2, 0.25) is 10.0 Å². The van der Waals surface area contributed by atoms with Crippen molar-refractivity contribution in [3.05, 3.63) is 41.8 Å². The monoisotopic (exact) mass is 355 g/mol. The van der Waals surface area contributed by atoms with Gasteiger partial charge in [0, 0.05) is 19.0 Å². The Kier molecular flexibility index (Phi) is 4.81. The third-order valence-corrected chi connectivity index (χ3v) is 5.78. The normalized spacial score (nSPS) is 18.8. The Bertz CT molecular complexity index is 791. The van der Waals surface area contributed by atoms with Gasteiger partial charge >= 0.3 is 0 Å². The van der Waals surface area contributed by atoms with Crippen molar-refractivity contribution in [1.82, 2.24) is 14.4 Å². The average Bonchev–Trinajstić information content (AvgIpc) is 3.23. The smallest absolute Gasteiger partial charge is 0.264 e. The van der Waals surface area contributed by atoms with Gasteiger partial charge in [-0.05, 0) is 37.6 Å². The van der Waals surface area contributed by atoms with Crippen LogP contribution in [-0.2, 0) is 16.6 Å². The summed E-state index contributed by atoms with van der Waals surface area (Å²) in [6.45, 7) is 2.54. The summed E-state index contributed by atoms with van der Waals surface area (Å²) in [4.78, 5) is 4.27. The largest absolute Gasteiger partial charge is 0.484 e. The third kappa shape index (κ3) is 3.73. The maximum absolute atomic E-state index is 12.8. The first-order chi connectivity index (χ1) is 11.5. The van der Waals surface area contributed by atoms with Gasteiger partial charge in [0.25, 0.3) is 5.89 Å². The topological polar surface area (TPSA) is 85.5 Å². The zero-order valence-electron chi connectivity index (χ0n) is 13.2. The molecule has 0 bridgehead atoms. The van der Waals surface area contributed by atoms with Gasteiger partial charge in [0.15, 0.2) is 12.4 Å². The SMILES string of the molecule is CCS(=O)(=O)N1CCC(c2noc(COc3ccc(F)cc3)n2)C1. The lowest BCUT2D eigenvalue weighted by Gasteiger charge is -2.13. The summed E-state index contributed by atoms with van der Waals surface area (Å²) in [5, 5.41) is 3.92. The van der Waals surface area contributed by atoms with Gasteiger partial charge in [-0.1, -0.05) is 5.16 Å². The molecule has 2 heterocycles. The second kappa shape index (κ2) is 6.86. The molecule has 1 unspecified atom stereocenters. The number of hydrogen-bond acceptors (Lipinski definition) is 6. The highest BCUT2D eigenvalue weighted by Gasteiger charge is 2.33. The van der Waals surface area contributed by atoms with Crippen molar-refractivity contribution >= 4 is 10.0 Å². The lowest BCUT2D eigenvalue weighted by atomic mass is 10.1. The Morgan fingerprint density at radius 2 is 2.12 bits per heavy atom. The van der Waals surface area contributed by atoms with Crippen LogP contribution in [0.4, 0.5) is 4.39 Å². The van der Waals surface area contributed by atoms with Crippen molar-refractivity contribution in [2.45, 2.75) is 25.9 Å². The minimum atomic E-state index is -3.19. The van der Waals surface area contributed by atoms with Crippen molar-refractivity contribution in [3.63, 3.8) is 0 Å². The molecule has 1 fully saturated rings. The van der Waals surface area contributed by atoms with E-state index in [-0.39, 0.29) is 24.1 Å². The number of halogens is 1. The number of benzene rings is 1. The molecule has 0 radical (unpaired) electrons. The van der Waals surface area contributed by atoms with Crippen LogP contribution in [0.3, 0.4) is 0 Å². The van der Waals surface area contributed by atoms with E-state index in [1.165, 1.54) is 28.6 Å². The lowest BCUT2D eigenvalue weighted by molar-refractivity contribution is 0.242. The first-order valence-corrected chi connectivity index (χ1v) is 9.27. The Hall–Kier alpha value is -2.00. The zero-order valence-corrected chi connectivity index (χ0v) is 14.0. The highest BCUT2D eigenvalue weighted by atomic mass is 32.2. The predicted molar refractivity (Wildman–Crippen MR) is 83.4 cm³/mol. The lowest BCUT2D eigenvalue weighted by Crippen LogP contribution is -2.30.